The quantitative estimate of drug-likeness (QED) is 0.382. The topological polar surface area (TPSA) is 34.1 Å². The lowest BCUT2D eigenvalue weighted by Gasteiger charge is -2.10. The van der Waals surface area contributed by atoms with E-state index in [2.05, 4.69) is 25.3 Å². The zero-order valence-electron chi connectivity index (χ0n) is 15.9. The highest BCUT2D eigenvalue weighted by molar-refractivity contribution is 8.14. The Bertz CT molecular complexity index is 854. The summed E-state index contributed by atoms with van der Waals surface area (Å²) in [6, 6.07) is 12.2. The molecule has 0 heterocycles. The maximum Gasteiger partial charge on any atom is 0.219 e. The van der Waals surface area contributed by atoms with E-state index in [0.717, 1.165) is 30.7 Å². The number of hydrogen-bond donors (Lipinski definition) is 0. The van der Waals surface area contributed by atoms with E-state index in [1.54, 1.807) is 25.6 Å². The molecule has 5 heteroatoms. The van der Waals surface area contributed by atoms with Crippen LogP contribution in [0.2, 0.25) is 0 Å². The molecule has 0 saturated heterocycles. The van der Waals surface area contributed by atoms with Crippen molar-refractivity contribution in [2.45, 2.75) is 47.3 Å². The lowest BCUT2D eigenvalue weighted by atomic mass is 10.2. The minimum Gasteiger partial charge on any atom is -0.282 e. The summed E-state index contributed by atoms with van der Waals surface area (Å²) in [7, 11) is 0. The Balaban J connectivity index is 2.13. The Morgan fingerprint density at radius 3 is 1.41 bits per heavy atom. The predicted octanol–water partition coefficient (Wildman–Crippen LogP) is 6.84. The van der Waals surface area contributed by atoms with Gasteiger partial charge in [-0.3, -0.25) is 9.59 Å². The Morgan fingerprint density at radius 2 is 1.11 bits per heavy atom. The molecule has 0 atom stereocenters. The number of benzene rings is 2. The molecule has 0 aromatic heterocycles. The summed E-state index contributed by atoms with van der Waals surface area (Å²) < 4.78 is 0. The summed E-state index contributed by atoms with van der Waals surface area (Å²) in [6.07, 6.45) is 0. The molecule has 2 aromatic rings. The van der Waals surface area contributed by atoms with Gasteiger partial charge in [0.15, 0.2) is 0 Å². The number of carbonyl (C=O) groups excluding carboxylic acids is 2. The Labute approximate surface area is 173 Å². The SMILES string of the molecule is C=C(C)C(=O)Sc1ccc(Sc2ccc(SC(=O)C(=C)C)c(C)c2)cc1C. The van der Waals surface area contributed by atoms with E-state index in [4.69, 9.17) is 0 Å². The van der Waals surface area contributed by atoms with Gasteiger partial charge in [-0.1, -0.05) is 24.9 Å². The first-order valence-electron chi connectivity index (χ1n) is 8.32. The standard InChI is InChI=1S/C22H22O2S3/c1-13(2)21(23)26-19-9-7-17(11-15(19)5)25-18-8-10-20(16(6)12-18)27-22(24)14(3)4/h7-12H,1,3H2,2,4-6H3. The summed E-state index contributed by atoms with van der Waals surface area (Å²) in [5, 5.41) is -0.0157. The van der Waals surface area contributed by atoms with Crippen LogP contribution >= 0.6 is 35.3 Å². The third kappa shape index (κ3) is 6.16. The van der Waals surface area contributed by atoms with E-state index in [-0.39, 0.29) is 10.2 Å². The van der Waals surface area contributed by atoms with Gasteiger partial charge in [-0.25, -0.2) is 0 Å². The molecule has 0 fully saturated rings. The summed E-state index contributed by atoms with van der Waals surface area (Å²) >= 11 is 4.09. The number of carbonyl (C=O) groups is 2. The van der Waals surface area contributed by atoms with E-state index in [1.165, 1.54) is 23.5 Å². The van der Waals surface area contributed by atoms with Crippen molar-refractivity contribution in [1.29, 1.82) is 0 Å². The van der Waals surface area contributed by atoms with E-state index < -0.39 is 0 Å². The second-order valence-electron chi connectivity index (χ2n) is 6.30. The zero-order chi connectivity index (χ0) is 20.1. The van der Waals surface area contributed by atoms with Crippen LogP contribution in [-0.2, 0) is 9.59 Å². The van der Waals surface area contributed by atoms with Crippen molar-refractivity contribution in [2.24, 2.45) is 0 Å². The lowest BCUT2D eigenvalue weighted by molar-refractivity contribution is -0.108. The van der Waals surface area contributed by atoms with Crippen LogP contribution in [-0.4, -0.2) is 10.2 Å². The van der Waals surface area contributed by atoms with Crippen LogP contribution in [0.1, 0.15) is 25.0 Å². The molecule has 0 aliphatic rings. The Kier molecular flexibility index (Phi) is 7.59. The predicted molar refractivity (Wildman–Crippen MR) is 118 cm³/mol. The third-order valence-electron chi connectivity index (χ3n) is 3.63. The van der Waals surface area contributed by atoms with Crippen LogP contribution in [0.4, 0.5) is 0 Å². The maximum absolute atomic E-state index is 11.9. The van der Waals surface area contributed by atoms with Gasteiger partial charge in [0.25, 0.3) is 0 Å². The Morgan fingerprint density at radius 1 is 0.741 bits per heavy atom. The maximum atomic E-state index is 11.9. The molecule has 0 N–H and O–H groups in total. The van der Waals surface area contributed by atoms with E-state index in [0.29, 0.717) is 11.1 Å². The molecule has 2 aromatic carbocycles. The minimum atomic E-state index is -0.00785. The molecule has 2 nitrogen and oxygen atoms in total. The van der Waals surface area contributed by atoms with Gasteiger partial charge in [-0.15, -0.1) is 0 Å². The van der Waals surface area contributed by atoms with Crippen molar-refractivity contribution in [3.8, 4) is 0 Å². The van der Waals surface area contributed by atoms with Gasteiger partial charge in [0.2, 0.25) is 10.2 Å². The van der Waals surface area contributed by atoms with Crippen molar-refractivity contribution in [1.82, 2.24) is 0 Å². The molecule has 0 unspecified atom stereocenters. The van der Waals surface area contributed by atoms with E-state index in [9.17, 15) is 9.59 Å². The molecular weight excluding hydrogens is 392 g/mol. The van der Waals surface area contributed by atoms with Gasteiger partial charge in [-0.05, 0) is 110 Å². The summed E-state index contributed by atoms with van der Waals surface area (Å²) in [5.74, 6) is 0. The van der Waals surface area contributed by atoms with Crippen molar-refractivity contribution in [3.63, 3.8) is 0 Å². The first kappa shape index (κ1) is 21.6. The molecule has 0 amide bonds. The molecule has 0 saturated carbocycles. The molecule has 0 aliphatic heterocycles. The van der Waals surface area contributed by atoms with Gasteiger partial charge in [0.05, 0.1) is 0 Å². The van der Waals surface area contributed by atoms with Gasteiger partial charge >= 0.3 is 0 Å². The normalized spacial score (nSPS) is 10.5. The van der Waals surface area contributed by atoms with Gasteiger partial charge in [0, 0.05) is 19.6 Å². The van der Waals surface area contributed by atoms with Crippen LogP contribution in [0.3, 0.4) is 0 Å². The summed E-state index contributed by atoms with van der Waals surface area (Å²) in [5.41, 5.74) is 3.24. The number of hydrogen-bond acceptors (Lipinski definition) is 5. The molecule has 140 valence electrons. The number of aryl methyl sites for hydroxylation is 2. The molecule has 27 heavy (non-hydrogen) atoms. The van der Waals surface area contributed by atoms with Crippen molar-refractivity contribution < 1.29 is 9.59 Å². The number of rotatable bonds is 6. The molecular formula is C22H22O2S3. The lowest BCUT2D eigenvalue weighted by Crippen LogP contribution is -1.93. The largest absolute Gasteiger partial charge is 0.282 e. The molecule has 0 radical (unpaired) electrons. The summed E-state index contributed by atoms with van der Waals surface area (Å²) in [4.78, 5) is 27.8. The van der Waals surface area contributed by atoms with E-state index in [1.807, 2.05) is 38.1 Å². The second kappa shape index (κ2) is 9.49. The van der Waals surface area contributed by atoms with Crippen molar-refractivity contribution in [2.75, 3.05) is 0 Å². The van der Waals surface area contributed by atoms with E-state index >= 15 is 0 Å². The first-order valence-corrected chi connectivity index (χ1v) is 10.8. The highest BCUT2D eigenvalue weighted by Crippen LogP contribution is 2.35. The minimum absolute atomic E-state index is 0.00785. The van der Waals surface area contributed by atoms with Crippen LogP contribution in [0.15, 0.2) is 80.3 Å². The van der Waals surface area contributed by atoms with Crippen molar-refractivity contribution >= 4 is 45.5 Å². The molecule has 0 bridgehead atoms. The fourth-order valence-corrected chi connectivity index (χ4v) is 4.59. The highest BCUT2D eigenvalue weighted by Gasteiger charge is 2.11. The van der Waals surface area contributed by atoms with Crippen molar-refractivity contribution in [3.05, 3.63) is 71.8 Å². The Hall–Kier alpha value is -1.69. The second-order valence-corrected chi connectivity index (χ2v) is 9.47. The van der Waals surface area contributed by atoms with Crippen LogP contribution in [0, 0.1) is 13.8 Å². The highest BCUT2D eigenvalue weighted by atomic mass is 32.2. The fourth-order valence-electron chi connectivity index (χ4n) is 2.11. The monoisotopic (exact) mass is 414 g/mol. The average molecular weight is 415 g/mol. The molecule has 0 spiro atoms. The number of thioether (sulfide) groups is 2. The van der Waals surface area contributed by atoms with Gasteiger partial charge in [0.1, 0.15) is 0 Å². The first-order chi connectivity index (χ1) is 12.7. The van der Waals surface area contributed by atoms with Crippen LogP contribution in [0.5, 0.6) is 0 Å². The van der Waals surface area contributed by atoms with Crippen LogP contribution < -0.4 is 0 Å². The van der Waals surface area contributed by atoms with Crippen LogP contribution in [0.25, 0.3) is 0 Å². The average Bonchev–Trinajstić information content (AvgIpc) is 2.59. The zero-order valence-corrected chi connectivity index (χ0v) is 18.4. The molecule has 2 rings (SSSR count). The molecule has 0 aliphatic carbocycles. The van der Waals surface area contributed by atoms with Gasteiger partial charge < -0.3 is 0 Å². The third-order valence-corrected chi connectivity index (χ3v) is 7.03. The fraction of sp³-hybridized carbons (Fsp3) is 0.182. The van der Waals surface area contributed by atoms with Gasteiger partial charge in [-0.2, -0.15) is 0 Å². The summed E-state index contributed by atoms with van der Waals surface area (Å²) in [6.45, 7) is 14.9. The smallest absolute Gasteiger partial charge is 0.219 e.